The van der Waals surface area contributed by atoms with Gasteiger partial charge in [0.1, 0.15) is 5.78 Å². The largest absolute Gasteiger partial charge is 0.299 e. The van der Waals surface area contributed by atoms with Crippen molar-refractivity contribution in [3.05, 3.63) is 48.6 Å². The van der Waals surface area contributed by atoms with Gasteiger partial charge in [0.2, 0.25) is 0 Å². The first kappa shape index (κ1) is 17.0. The summed E-state index contributed by atoms with van der Waals surface area (Å²) in [6, 6.07) is 14.0. The molecule has 2 rings (SSSR count). The summed E-state index contributed by atoms with van der Waals surface area (Å²) >= 11 is 0. The monoisotopic (exact) mass is 306 g/mol. The van der Waals surface area contributed by atoms with Crippen molar-refractivity contribution >= 4 is 5.78 Å². The van der Waals surface area contributed by atoms with E-state index in [0.717, 1.165) is 18.4 Å². The lowest BCUT2D eigenvalue weighted by Gasteiger charge is -2.44. The van der Waals surface area contributed by atoms with E-state index in [-0.39, 0.29) is 12.2 Å². The van der Waals surface area contributed by atoms with E-state index in [9.17, 15) is 15.3 Å². The number of rotatable bonds is 5. The van der Waals surface area contributed by atoms with Crippen LogP contribution in [0.3, 0.4) is 0 Å². The van der Waals surface area contributed by atoms with E-state index in [1.165, 1.54) is 0 Å². The van der Waals surface area contributed by atoms with Crippen molar-refractivity contribution in [3.63, 3.8) is 0 Å². The van der Waals surface area contributed by atoms with E-state index < -0.39 is 16.7 Å². The highest BCUT2D eigenvalue weighted by Gasteiger charge is 2.53. The second-order valence-corrected chi connectivity index (χ2v) is 6.58. The zero-order valence-electron chi connectivity index (χ0n) is 13.6. The molecule has 0 amide bonds. The lowest BCUT2D eigenvalue weighted by molar-refractivity contribution is -0.133. The Bertz CT molecular complexity index is 651. The van der Waals surface area contributed by atoms with Crippen molar-refractivity contribution in [2.45, 2.75) is 44.9 Å². The predicted octanol–water partition coefficient (Wildman–Crippen LogP) is 4.53. The molecule has 1 aromatic rings. The predicted molar refractivity (Wildman–Crippen MR) is 89.2 cm³/mol. The molecule has 0 radical (unpaired) electrons. The van der Waals surface area contributed by atoms with Crippen molar-refractivity contribution < 1.29 is 4.79 Å². The topological polar surface area (TPSA) is 64.7 Å². The maximum Gasteiger partial charge on any atom is 0.154 e. The minimum absolute atomic E-state index is 0.163. The van der Waals surface area contributed by atoms with Gasteiger partial charge in [0.25, 0.3) is 0 Å². The molecular weight excluding hydrogens is 284 g/mol. The minimum atomic E-state index is -1.27. The van der Waals surface area contributed by atoms with E-state index in [2.05, 4.69) is 18.7 Å². The summed E-state index contributed by atoms with van der Waals surface area (Å²) in [7, 11) is 0. The number of carbonyl (C=O) groups excluding carboxylic acids is 1. The Morgan fingerprint density at radius 3 is 2.48 bits per heavy atom. The van der Waals surface area contributed by atoms with Gasteiger partial charge in [-0.05, 0) is 24.8 Å². The highest BCUT2D eigenvalue weighted by molar-refractivity contribution is 5.86. The minimum Gasteiger partial charge on any atom is -0.299 e. The van der Waals surface area contributed by atoms with E-state index in [4.69, 9.17) is 0 Å². The Morgan fingerprint density at radius 2 is 1.96 bits per heavy atom. The molecule has 2 atom stereocenters. The first-order valence-electron chi connectivity index (χ1n) is 8.06. The van der Waals surface area contributed by atoms with Crippen LogP contribution in [0.5, 0.6) is 0 Å². The third kappa shape index (κ3) is 2.92. The van der Waals surface area contributed by atoms with Crippen molar-refractivity contribution in [1.82, 2.24) is 0 Å². The van der Waals surface area contributed by atoms with Crippen LogP contribution < -0.4 is 0 Å². The zero-order valence-corrected chi connectivity index (χ0v) is 13.6. The SMILES string of the molecule is C=CCC(C#N)(C#N)[C@H](c1ccccc1)[C@@]1(C)CCCCC1=O. The molecule has 1 saturated carbocycles. The van der Waals surface area contributed by atoms with Gasteiger partial charge in [0, 0.05) is 17.8 Å². The third-order valence-corrected chi connectivity index (χ3v) is 5.12. The Hall–Kier alpha value is -2.39. The number of carbonyl (C=O) groups is 1. The molecule has 0 saturated heterocycles. The molecule has 0 N–H and O–H groups in total. The molecule has 1 aliphatic carbocycles. The summed E-state index contributed by atoms with van der Waals surface area (Å²) in [6.07, 6.45) is 4.95. The Labute approximate surface area is 138 Å². The van der Waals surface area contributed by atoms with Gasteiger partial charge in [-0.25, -0.2) is 0 Å². The number of hydrogen-bond acceptors (Lipinski definition) is 3. The Kier molecular flexibility index (Phi) is 5.02. The van der Waals surface area contributed by atoms with E-state index in [1.807, 2.05) is 37.3 Å². The molecule has 0 aliphatic heterocycles. The van der Waals surface area contributed by atoms with Crippen molar-refractivity contribution in [3.8, 4) is 12.1 Å². The van der Waals surface area contributed by atoms with E-state index in [0.29, 0.717) is 12.8 Å². The van der Waals surface area contributed by atoms with Gasteiger partial charge in [0.15, 0.2) is 5.41 Å². The van der Waals surface area contributed by atoms with Gasteiger partial charge in [0.05, 0.1) is 12.1 Å². The second-order valence-electron chi connectivity index (χ2n) is 6.58. The maximum atomic E-state index is 12.8. The van der Waals surface area contributed by atoms with Crippen LogP contribution in [0.4, 0.5) is 0 Å². The third-order valence-electron chi connectivity index (χ3n) is 5.12. The van der Waals surface area contributed by atoms with Crippen LogP contribution >= 0.6 is 0 Å². The molecule has 23 heavy (non-hydrogen) atoms. The highest BCUT2D eigenvalue weighted by Crippen LogP contribution is 2.54. The van der Waals surface area contributed by atoms with Gasteiger partial charge >= 0.3 is 0 Å². The van der Waals surface area contributed by atoms with Gasteiger partial charge in [-0.1, -0.05) is 49.8 Å². The average molecular weight is 306 g/mol. The molecule has 0 unspecified atom stereocenters. The smallest absolute Gasteiger partial charge is 0.154 e. The molecule has 0 spiro atoms. The highest BCUT2D eigenvalue weighted by atomic mass is 16.1. The van der Waals surface area contributed by atoms with Crippen LogP contribution in [0.15, 0.2) is 43.0 Å². The standard InChI is InChI=1S/C20H22N2O/c1-3-12-20(14-21,15-22)18(16-9-5-4-6-10-16)19(2)13-8-7-11-17(19)23/h3-6,9-10,18H,1,7-8,11-13H2,2H3/t18-,19+/m1/s1. The lowest BCUT2D eigenvalue weighted by atomic mass is 9.55. The molecule has 1 aromatic carbocycles. The van der Waals surface area contributed by atoms with Gasteiger partial charge in [-0.15, -0.1) is 6.58 Å². The van der Waals surface area contributed by atoms with Crippen molar-refractivity contribution in [2.75, 3.05) is 0 Å². The zero-order chi connectivity index (χ0) is 16.9. The van der Waals surface area contributed by atoms with Crippen LogP contribution in [0.1, 0.15) is 50.5 Å². The van der Waals surface area contributed by atoms with Crippen molar-refractivity contribution in [1.29, 1.82) is 10.5 Å². The second kappa shape index (κ2) is 6.80. The molecule has 0 heterocycles. The Balaban J connectivity index is 2.66. The molecule has 0 aromatic heterocycles. The van der Waals surface area contributed by atoms with Crippen LogP contribution in [0.2, 0.25) is 0 Å². The van der Waals surface area contributed by atoms with Crippen molar-refractivity contribution in [2.24, 2.45) is 10.8 Å². The van der Waals surface area contributed by atoms with Crippen LogP contribution in [-0.4, -0.2) is 5.78 Å². The lowest BCUT2D eigenvalue weighted by Crippen LogP contribution is -2.44. The fraction of sp³-hybridized carbons (Fsp3) is 0.450. The first-order chi connectivity index (χ1) is 11.0. The van der Waals surface area contributed by atoms with E-state index >= 15 is 0 Å². The quantitative estimate of drug-likeness (QED) is 0.751. The first-order valence-corrected chi connectivity index (χ1v) is 8.06. The molecule has 1 aliphatic rings. The number of benzene rings is 1. The normalized spacial score (nSPS) is 22.7. The molecule has 1 fully saturated rings. The molecular formula is C20H22N2O. The number of Topliss-reactive ketones (excluding diaryl/α,β-unsaturated/α-hetero) is 1. The number of hydrogen-bond donors (Lipinski definition) is 0. The van der Waals surface area contributed by atoms with Crippen LogP contribution in [0.25, 0.3) is 0 Å². The molecule has 118 valence electrons. The van der Waals surface area contributed by atoms with Gasteiger partial charge in [-0.3, -0.25) is 4.79 Å². The fourth-order valence-electron chi connectivity index (χ4n) is 3.94. The van der Waals surface area contributed by atoms with Crippen LogP contribution in [-0.2, 0) is 4.79 Å². The summed E-state index contributed by atoms with van der Waals surface area (Å²) < 4.78 is 0. The summed E-state index contributed by atoms with van der Waals surface area (Å²) in [5.41, 5.74) is -1.07. The van der Waals surface area contributed by atoms with E-state index in [1.54, 1.807) is 6.08 Å². The van der Waals surface area contributed by atoms with Gasteiger partial charge in [-0.2, -0.15) is 10.5 Å². The fourth-order valence-corrected chi connectivity index (χ4v) is 3.94. The summed E-state index contributed by atoms with van der Waals surface area (Å²) in [4.78, 5) is 12.8. The molecule has 3 nitrogen and oxygen atoms in total. The number of nitrogens with zero attached hydrogens (tertiary/aromatic N) is 2. The summed E-state index contributed by atoms with van der Waals surface area (Å²) in [6.45, 7) is 5.65. The van der Waals surface area contributed by atoms with Crippen LogP contribution in [0, 0.1) is 33.5 Å². The molecule has 0 bridgehead atoms. The number of ketones is 1. The Morgan fingerprint density at radius 1 is 1.30 bits per heavy atom. The number of nitriles is 2. The van der Waals surface area contributed by atoms with Gasteiger partial charge < -0.3 is 0 Å². The number of allylic oxidation sites excluding steroid dienone is 1. The average Bonchev–Trinajstić information content (AvgIpc) is 2.58. The molecule has 3 heteroatoms. The summed E-state index contributed by atoms with van der Waals surface area (Å²) in [5.74, 6) is -0.284. The maximum absolute atomic E-state index is 12.8. The summed E-state index contributed by atoms with van der Waals surface area (Å²) in [5, 5.41) is 19.7.